The van der Waals surface area contributed by atoms with Crippen molar-refractivity contribution in [2.75, 3.05) is 6.61 Å². The summed E-state index contributed by atoms with van der Waals surface area (Å²) in [5.41, 5.74) is 1.38. The largest absolute Gasteiger partial charge is 0.494 e. The Kier molecular flexibility index (Phi) is 3.34. The van der Waals surface area contributed by atoms with E-state index in [-0.39, 0.29) is 17.1 Å². The van der Waals surface area contributed by atoms with Gasteiger partial charge in [-0.2, -0.15) is 0 Å². The van der Waals surface area contributed by atoms with Gasteiger partial charge in [-0.05, 0) is 36.8 Å². The van der Waals surface area contributed by atoms with Gasteiger partial charge in [-0.25, -0.2) is 0 Å². The van der Waals surface area contributed by atoms with Crippen LogP contribution < -0.4 is 15.5 Å². The summed E-state index contributed by atoms with van der Waals surface area (Å²) < 4.78 is 11.2. The summed E-state index contributed by atoms with van der Waals surface area (Å²) in [7, 11) is 0. The molecule has 4 rings (SSSR count). The maximum Gasteiger partial charge on any atom is 0.288 e. The fraction of sp³-hybridized carbons (Fsp3) is 0.158. The molecule has 0 radical (unpaired) electrons. The first-order valence-corrected chi connectivity index (χ1v) is 7.78. The summed E-state index contributed by atoms with van der Waals surface area (Å²) in [4.78, 5) is 25.2. The van der Waals surface area contributed by atoms with Gasteiger partial charge in [0.1, 0.15) is 11.3 Å². The first-order chi connectivity index (χ1) is 11.7. The Balaban J connectivity index is 1.91. The van der Waals surface area contributed by atoms with Gasteiger partial charge in [-0.15, -0.1) is 0 Å². The molecule has 24 heavy (non-hydrogen) atoms. The number of amides is 1. The first kappa shape index (κ1) is 14.5. The number of hydrogen-bond acceptors (Lipinski definition) is 4. The van der Waals surface area contributed by atoms with Gasteiger partial charge in [-0.1, -0.05) is 24.3 Å². The molecule has 0 saturated carbocycles. The minimum atomic E-state index is -0.534. The predicted octanol–water partition coefficient (Wildman–Crippen LogP) is 3.02. The number of carbonyl (C=O) groups is 1. The zero-order chi connectivity index (χ0) is 16.7. The third kappa shape index (κ3) is 2.17. The zero-order valence-corrected chi connectivity index (χ0v) is 13.0. The summed E-state index contributed by atoms with van der Waals surface area (Å²) in [6.07, 6.45) is 0. The number of nitrogens with one attached hydrogen (secondary N) is 1. The van der Waals surface area contributed by atoms with E-state index in [0.29, 0.717) is 28.9 Å². The Morgan fingerprint density at radius 2 is 1.96 bits per heavy atom. The Hall–Kier alpha value is -3.08. The predicted molar refractivity (Wildman–Crippen MR) is 89.4 cm³/mol. The maximum atomic E-state index is 12.9. The Bertz CT molecular complexity index is 1010. The molecule has 3 aromatic rings. The Morgan fingerprint density at radius 1 is 1.12 bits per heavy atom. The van der Waals surface area contributed by atoms with Crippen LogP contribution in [0.2, 0.25) is 0 Å². The molecule has 1 atom stereocenters. The van der Waals surface area contributed by atoms with Crippen LogP contribution in [-0.4, -0.2) is 12.5 Å². The van der Waals surface area contributed by atoms with Crippen LogP contribution in [-0.2, 0) is 0 Å². The van der Waals surface area contributed by atoms with E-state index < -0.39 is 6.04 Å². The van der Waals surface area contributed by atoms with Gasteiger partial charge in [0.25, 0.3) is 5.91 Å². The van der Waals surface area contributed by atoms with Crippen LogP contribution in [0.5, 0.6) is 5.75 Å². The lowest BCUT2D eigenvalue weighted by molar-refractivity contribution is 0.0938. The molecule has 5 heteroatoms. The van der Waals surface area contributed by atoms with E-state index in [9.17, 15) is 9.59 Å². The molecule has 1 amide bonds. The number of ether oxygens (including phenoxy) is 1. The molecule has 5 nitrogen and oxygen atoms in total. The van der Waals surface area contributed by atoms with Crippen molar-refractivity contribution in [1.82, 2.24) is 5.32 Å². The van der Waals surface area contributed by atoms with Crippen molar-refractivity contribution >= 4 is 16.9 Å². The highest BCUT2D eigenvalue weighted by molar-refractivity contribution is 5.98. The van der Waals surface area contributed by atoms with Crippen LogP contribution in [0.25, 0.3) is 11.0 Å². The number of para-hydroxylation sites is 1. The molecule has 0 fully saturated rings. The lowest BCUT2D eigenvalue weighted by Gasteiger charge is -2.13. The van der Waals surface area contributed by atoms with E-state index in [0.717, 1.165) is 5.56 Å². The fourth-order valence-electron chi connectivity index (χ4n) is 3.06. The molecule has 0 spiro atoms. The van der Waals surface area contributed by atoms with Gasteiger partial charge in [-0.3, -0.25) is 9.59 Å². The summed E-state index contributed by atoms with van der Waals surface area (Å²) in [6.45, 7) is 2.45. The van der Waals surface area contributed by atoms with E-state index >= 15 is 0 Å². The topological polar surface area (TPSA) is 68.5 Å². The van der Waals surface area contributed by atoms with Crippen molar-refractivity contribution in [3.63, 3.8) is 0 Å². The number of hydrogen-bond donors (Lipinski definition) is 1. The van der Waals surface area contributed by atoms with Crippen LogP contribution in [0, 0.1) is 0 Å². The quantitative estimate of drug-likeness (QED) is 0.805. The molecule has 0 aliphatic carbocycles. The van der Waals surface area contributed by atoms with Crippen molar-refractivity contribution < 1.29 is 13.9 Å². The second-order valence-electron chi connectivity index (χ2n) is 5.58. The Morgan fingerprint density at radius 3 is 2.79 bits per heavy atom. The summed E-state index contributed by atoms with van der Waals surface area (Å²) >= 11 is 0. The normalized spacial score (nSPS) is 16.0. The van der Waals surface area contributed by atoms with Gasteiger partial charge in [0, 0.05) is 0 Å². The van der Waals surface area contributed by atoms with E-state index in [1.165, 1.54) is 0 Å². The van der Waals surface area contributed by atoms with Crippen molar-refractivity contribution in [3.8, 4) is 5.75 Å². The molecule has 1 unspecified atom stereocenters. The average Bonchev–Trinajstić information content (AvgIpc) is 2.93. The van der Waals surface area contributed by atoms with Crippen LogP contribution in [0.15, 0.2) is 57.7 Å². The van der Waals surface area contributed by atoms with Crippen molar-refractivity contribution in [3.05, 3.63) is 75.6 Å². The van der Waals surface area contributed by atoms with Crippen molar-refractivity contribution in [1.29, 1.82) is 0 Å². The molecule has 0 saturated heterocycles. The minimum absolute atomic E-state index is 0.0884. The van der Waals surface area contributed by atoms with Gasteiger partial charge in [0.15, 0.2) is 5.43 Å². The third-order valence-electron chi connectivity index (χ3n) is 4.11. The second kappa shape index (κ2) is 5.53. The van der Waals surface area contributed by atoms with Crippen LogP contribution in [0.1, 0.15) is 34.6 Å². The summed E-state index contributed by atoms with van der Waals surface area (Å²) in [5, 5.41) is 3.30. The van der Waals surface area contributed by atoms with Crippen molar-refractivity contribution in [2.24, 2.45) is 0 Å². The van der Waals surface area contributed by atoms with Crippen LogP contribution in [0.4, 0.5) is 0 Å². The average molecular weight is 321 g/mol. The Labute approximate surface area is 137 Å². The highest BCUT2D eigenvalue weighted by Gasteiger charge is 2.35. The molecular formula is C19H15NO4. The second-order valence-corrected chi connectivity index (χ2v) is 5.58. The SMILES string of the molecule is CCOc1cccc(C2NC(=O)c3oc4ccccc4c(=O)c32)c1. The lowest BCUT2D eigenvalue weighted by Crippen LogP contribution is -2.21. The minimum Gasteiger partial charge on any atom is -0.494 e. The van der Waals surface area contributed by atoms with E-state index in [1.54, 1.807) is 24.3 Å². The van der Waals surface area contributed by atoms with Crippen molar-refractivity contribution in [2.45, 2.75) is 13.0 Å². The molecular weight excluding hydrogens is 306 g/mol. The number of fused-ring (bicyclic) bond motifs is 2. The molecule has 1 N–H and O–H groups in total. The molecule has 120 valence electrons. The standard InChI is InChI=1S/C19H15NO4/c1-2-23-12-7-5-6-11(10-12)16-15-17(21)13-8-3-4-9-14(13)24-18(15)19(22)20-16/h3-10,16H,2H2,1H3,(H,20,22). The molecule has 2 aromatic carbocycles. The smallest absolute Gasteiger partial charge is 0.288 e. The van der Waals surface area contributed by atoms with Gasteiger partial charge >= 0.3 is 0 Å². The van der Waals surface area contributed by atoms with E-state index in [4.69, 9.17) is 9.15 Å². The molecule has 1 aromatic heterocycles. The highest BCUT2D eigenvalue weighted by atomic mass is 16.5. The third-order valence-corrected chi connectivity index (χ3v) is 4.11. The summed E-state index contributed by atoms with van der Waals surface area (Å²) in [6, 6.07) is 13.8. The zero-order valence-electron chi connectivity index (χ0n) is 13.0. The monoisotopic (exact) mass is 321 g/mol. The summed E-state index contributed by atoms with van der Waals surface area (Å²) in [5.74, 6) is 0.410. The maximum absolute atomic E-state index is 12.9. The molecule has 2 heterocycles. The fourth-order valence-corrected chi connectivity index (χ4v) is 3.06. The highest BCUT2D eigenvalue weighted by Crippen LogP contribution is 2.32. The molecule has 1 aliphatic rings. The van der Waals surface area contributed by atoms with Crippen LogP contribution in [0.3, 0.4) is 0 Å². The lowest BCUT2D eigenvalue weighted by atomic mass is 9.99. The number of benzene rings is 2. The van der Waals surface area contributed by atoms with Gasteiger partial charge in [0.2, 0.25) is 5.76 Å². The van der Waals surface area contributed by atoms with E-state index in [2.05, 4.69) is 5.32 Å². The van der Waals surface area contributed by atoms with Crippen LogP contribution >= 0.6 is 0 Å². The van der Waals surface area contributed by atoms with Gasteiger partial charge in [0.05, 0.1) is 23.6 Å². The number of rotatable bonds is 3. The van der Waals surface area contributed by atoms with Gasteiger partial charge < -0.3 is 14.5 Å². The first-order valence-electron chi connectivity index (χ1n) is 7.78. The molecule has 1 aliphatic heterocycles. The number of carbonyl (C=O) groups excluding carboxylic acids is 1. The molecule has 0 bridgehead atoms. The van der Waals surface area contributed by atoms with E-state index in [1.807, 2.05) is 31.2 Å².